The van der Waals surface area contributed by atoms with Gasteiger partial charge in [0.25, 0.3) is 5.60 Å². The molecule has 0 spiro atoms. The second-order valence-corrected chi connectivity index (χ2v) is 4.39. The molecule has 0 aliphatic heterocycles. The lowest BCUT2D eigenvalue weighted by Crippen LogP contribution is -2.57. The zero-order chi connectivity index (χ0) is 16.4. The summed E-state index contributed by atoms with van der Waals surface area (Å²) in [6.45, 7) is 5.61. The fourth-order valence-electron chi connectivity index (χ4n) is 1.20. The summed E-state index contributed by atoms with van der Waals surface area (Å²) in [6.07, 6.45) is -15.4. The second kappa shape index (κ2) is 6.02. The van der Waals surface area contributed by atoms with Gasteiger partial charge in [0.15, 0.2) is 0 Å². The van der Waals surface area contributed by atoms with Gasteiger partial charge in [0.1, 0.15) is 0 Å². The standard InChI is InChI=1S/C11H14F6O3/c1-6(2)8(18)20-7(3)4-5-9(19,10(12,13)14)11(15,16)17/h7,19H,1,4-5H2,2-3H3. The van der Waals surface area contributed by atoms with Crippen LogP contribution in [0, 0.1) is 0 Å². The summed E-state index contributed by atoms with van der Waals surface area (Å²) in [4.78, 5) is 11.0. The smallest absolute Gasteiger partial charge is 0.426 e. The van der Waals surface area contributed by atoms with Gasteiger partial charge in [0.2, 0.25) is 0 Å². The molecule has 0 saturated heterocycles. The molecule has 20 heavy (non-hydrogen) atoms. The quantitative estimate of drug-likeness (QED) is 0.482. The number of hydrogen-bond acceptors (Lipinski definition) is 3. The summed E-state index contributed by atoms with van der Waals surface area (Å²) in [5.41, 5.74) is -4.87. The van der Waals surface area contributed by atoms with Gasteiger partial charge in [-0.1, -0.05) is 6.58 Å². The monoisotopic (exact) mass is 308 g/mol. The molecule has 0 rings (SSSR count). The van der Waals surface area contributed by atoms with Crippen molar-refractivity contribution in [2.24, 2.45) is 0 Å². The van der Waals surface area contributed by atoms with Gasteiger partial charge < -0.3 is 9.84 Å². The van der Waals surface area contributed by atoms with E-state index in [0.29, 0.717) is 0 Å². The van der Waals surface area contributed by atoms with Crippen molar-refractivity contribution in [3.8, 4) is 0 Å². The van der Waals surface area contributed by atoms with Crippen molar-refractivity contribution >= 4 is 5.97 Å². The predicted octanol–water partition coefficient (Wildman–Crippen LogP) is 3.13. The molecular weight excluding hydrogens is 294 g/mol. The summed E-state index contributed by atoms with van der Waals surface area (Å²) in [5, 5.41) is 8.87. The van der Waals surface area contributed by atoms with E-state index in [0.717, 1.165) is 6.92 Å². The third-order valence-electron chi connectivity index (χ3n) is 2.51. The Morgan fingerprint density at radius 1 is 1.20 bits per heavy atom. The zero-order valence-corrected chi connectivity index (χ0v) is 10.7. The fraction of sp³-hybridized carbons (Fsp3) is 0.727. The maximum Gasteiger partial charge on any atom is 0.426 e. The van der Waals surface area contributed by atoms with Crippen LogP contribution in [0.5, 0.6) is 0 Å². The first kappa shape index (κ1) is 18.8. The van der Waals surface area contributed by atoms with Crippen LogP contribution in [0.2, 0.25) is 0 Å². The lowest BCUT2D eigenvalue weighted by molar-refractivity contribution is -0.370. The maximum atomic E-state index is 12.3. The summed E-state index contributed by atoms with van der Waals surface area (Å²) >= 11 is 0. The molecule has 1 unspecified atom stereocenters. The van der Waals surface area contributed by atoms with E-state index in [4.69, 9.17) is 5.11 Å². The Morgan fingerprint density at radius 2 is 1.60 bits per heavy atom. The normalized spacial score (nSPS) is 14.8. The number of carbonyl (C=O) groups is 1. The molecule has 9 heteroatoms. The first-order valence-electron chi connectivity index (χ1n) is 5.44. The van der Waals surface area contributed by atoms with E-state index in [9.17, 15) is 31.1 Å². The van der Waals surface area contributed by atoms with Gasteiger partial charge in [-0.05, 0) is 26.7 Å². The van der Waals surface area contributed by atoms with Crippen LogP contribution >= 0.6 is 0 Å². The first-order valence-corrected chi connectivity index (χ1v) is 5.44. The predicted molar refractivity (Wildman–Crippen MR) is 56.7 cm³/mol. The van der Waals surface area contributed by atoms with Gasteiger partial charge >= 0.3 is 18.3 Å². The average Bonchev–Trinajstić information content (AvgIpc) is 2.22. The largest absolute Gasteiger partial charge is 0.459 e. The second-order valence-electron chi connectivity index (χ2n) is 4.39. The molecule has 0 heterocycles. The van der Waals surface area contributed by atoms with Crippen LogP contribution in [0.1, 0.15) is 26.7 Å². The van der Waals surface area contributed by atoms with E-state index in [-0.39, 0.29) is 5.57 Å². The van der Waals surface area contributed by atoms with Crippen LogP contribution in [-0.4, -0.2) is 35.1 Å². The maximum absolute atomic E-state index is 12.3. The third kappa shape index (κ3) is 4.39. The number of aliphatic hydroxyl groups is 1. The number of hydrogen-bond donors (Lipinski definition) is 1. The van der Waals surface area contributed by atoms with Crippen LogP contribution in [-0.2, 0) is 9.53 Å². The van der Waals surface area contributed by atoms with E-state index < -0.39 is 42.9 Å². The number of rotatable bonds is 5. The van der Waals surface area contributed by atoms with Gasteiger partial charge in [-0.3, -0.25) is 0 Å². The average molecular weight is 308 g/mol. The van der Waals surface area contributed by atoms with E-state index in [2.05, 4.69) is 11.3 Å². The Labute approximate surface area is 111 Å². The zero-order valence-electron chi connectivity index (χ0n) is 10.7. The summed E-state index contributed by atoms with van der Waals surface area (Å²) in [5.74, 6) is -0.931. The highest BCUT2D eigenvalue weighted by Gasteiger charge is 2.69. The van der Waals surface area contributed by atoms with Crippen molar-refractivity contribution in [2.45, 2.75) is 50.7 Å². The lowest BCUT2D eigenvalue weighted by atomic mass is 9.94. The lowest BCUT2D eigenvalue weighted by Gasteiger charge is -2.32. The Kier molecular flexibility index (Phi) is 5.65. The molecule has 0 aromatic carbocycles. The summed E-state index contributed by atoms with van der Waals surface area (Å²) in [6, 6.07) is 0. The fourth-order valence-corrected chi connectivity index (χ4v) is 1.20. The Morgan fingerprint density at radius 3 is 1.90 bits per heavy atom. The molecule has 0 radical (unpaired) electrons. The van der Waals surface area contributed by atoms with Gasteiger partial charge in [-0.25, -0.2) is 4.79 Å². The Bertz CT molecular complexity index is 357. The van der Waals surface area contributed by atoms with Crippen molar-refractivity contribution in [1.82, 2.24) is 0 Å². The highest BCUT2D eigenvalue weighted by atomic mass is 19.4. The Balaban J connectivity index is 4.82. The van der Waals surface area contributed by atoms with Crippen molar-refractivity contribution in [2.75, 3.05) is 0 Å². The van der Waals surface area contributed by atoms with Gasteiger partial charge in [-0.15, -0.1) is 0 Å². The minimum absolute atomic E-state index is 0.0428. The molecule has 118 valence electrons. The van der Waals surface area contributed by atoms with Crippen molar-refractivity contribution in [1.29, 1.82) is 0 Å². The van der Waals surface area contributed by atoms with Crippen molar-refractivity contribution in [3.05, 3.63) is 12.2 Å². The molecular formula is C11H14F6O3. The van der Waals surface area contributed by atoms with Gasteiger partial charge in [0.05, 0.1) is 6.10 Å². The number of halogens is 6. The molecule has 0 amide bonds. The highest BCUT2D eigenvalue weighted by Crippen LogP contribution is 2.46. The van der Waals surface area contributed by atoms with Gasteiger partial charge in [-0.2, -0.15) is 26.3 Å². The van der Waals surface area contributed by atoms with E-state index in [1.165, 1.54) is 6.92 Å². The Hall–Kier alpha value is -1.25. The number of alkyl halides is 6. The van der Waals surface area contributed by atoms with Crippen molar-refractivity contribution < 1.29 is 41.0 Å². The van der Waals surface area contributed by atoms with E-state index in [1.807, 2.05) is 0 Å². The van der Waals surface area contributed by atoms with E-state index >= 15 is 0 Å². The molecule has 0 aromatic heterocycles. The number of ether oxygens (including phenoxy) is 1. The molecule has 1 N–H and O–H groups in total. The molecule has 0 aliphatic carbocycles. The van der Waals surface area contributed by atoms with E-state index in [1.54, 1.807) is 0 Å². The highest BCUT2D eigenvalue weighted by molar-refractivity contribution is 5.87. The molecule has 3 nitrogen and oxygen atoms in total. The summed E-state index contributed by atoms with van der Waals surface area (Å²) < 4.78 is 78.6. The molecule has 0 saturated carbocycles. The minimum Gasteiger partial charge on any atom is -0.459 e. The van der Waals surface area contributed by atoms with Gasteiger partial charge in [0, 0.05) is 5.57 Å². The third-order valence-corrected chi connectivity index (χ3v) is 2.51. The van der Waals surface area contributed by atoms with Crippen LogP contribution in [0.4, 0.5) is 26.3 Å². The first-order chi connectivity index (χ1) is 8.72. The minimum atomic E-state index is -5.87. The van der Waals surface area contributed by atoms with Crippen molar-refractivity contribution in [3.63, 3.8) is 0 Å². The van der Waals surface area contributed by atoms with Crippen LogP contribution in [0.25, 0.3) is 0 Å². The van der Waals surface area contributed by atoms with Crippen LogP contribution < -0.4 is 0 Å². The molecule has 0 fully saturated rings. The number of carbonyl (C=O) groups excluding carboxylic acids is 1. The SMILES string of the molecule is C=C(C)C(=O)OC(C)CCC(O)(C(F)(F)F)C(F)(F)F. The van der Waals surface area contributed by atoms with Crippen LogP contribution in [0.15, 0.2) is 12.2 Å². The molecule has 1 atom stereocenters. The topological polar surface area (TPSA) is 46.5 Å². The van der Waals surface area contributed by atoms with Crippen LogP contribution in [0.3, 0.4) is 0 Å². The number of esters is 1. The molecule has 0 aromatic rings. The molecule has 0 bridgehead atoms. The molecule has 0 aliphatic rings. The summed E-state index contributed by atoms with van der Waals surface area (Å²) in [7, 11) is 0.